The van der Waals surface area contributed by atoms with E-state index >= 15 is 0 Å². The second kappa shape index (κ2) is 3.99. The number of hydrogen-bond donors (Lipinski definition) is 1. The summed E-state index contributed by atoms with van der Waals surface area (Å²) in [7, 11) is 0. The van der Waals surface area contributed by atoms with Crippen molar-refractivity contribution in [2.75, 3.05) is 6.61 Å². The summed E-state index contributed by atoms with van der Waals surface area (Å²) in [4.78, 5) is 10.3. The number of aliphatic hydroxyl groups is 1. The summed E-state index contributed by atoms with van der Waals surface area (Å²) in [6.07, 6.45) is -4.91. The fourth-order valence-corrected chi connectivity index (χ4v) is 0.377. The topological polar surface area (TPSA) is 46.5 Å². The van der Waals surface area contributed by atoms with E-state index in [9.17, 15) is 18.0 Å². The van der Waals surface area contributed by atoms with Crippen molar-refractivity contribution in [1.82, 2.24) is 0 Å². The fraction of sp³-hybridized carbons (Fsp3) is 0.500. The van der Waals surface area contributed by atoms with Gasteiger partial charge in [0.15, 0.2) is 0 Å². The van der Waals surface area contributed by atoms with Gasteiger partial charge < -0.3 is 9.84 Å². The lowest BCUT2D eigenvalue weighted by atomic mass is 10.4. The van der Waals surface area contributed by atoms with Gasteiger partial charge in [-0.05, 0) is 6.92 Å². The Morgan fingerprint density at radius 1 is 1.58 bits per heavy atom. The summed E-state index contributed by atoms with van der Waals surface area (Å²) in [5, 5.41) is 8.22. The van der Waals surface area contributed by atoms with Gasteiger partial charge in [0.1, 0.15) is 0 Å². The van der Waals surface area contributed by atoms with Crippen LogP contribution in [0.4, 0.5) is 13.2 Å². The van der Waals surface area contributed by atoms with E-state index in [1.165, 1.54) is 6.92 Å². The quantitative estimate of drug-likeness (QED) is 0.402. The molecule has 0 atom stereocenters. The molecule has 70 valence electrons. The van der Waals surface area contributed by atoms with Crippen LogP contribution in [0.1, 0.15) is 6.92 Å². The van der Waals surface area contributed by atoms with Crippen molar-refractivity contribution in [3.05, 3.63) is 11.8 Å². The second-order valence-corrected chi connectivity index (χ2v) is 1.78. The van der Waals surface area contributed by atoms with Crippen LogP contribution in [0.5, 0.6) is 0 Å². The van der Waals surface area contributed by atoms with Crippen molar-refractivity contribution in [2.24, 2.45) is 0 Å². The number of carbonyl (C=O) groups excluding carboxylic acids is 1. The molecule has 0 unspecified atom stereocenters. The fourth-order valence-electron chi connectivity index (χ4n) is 0.377. The van der Waals surface area contributed by atoms with E-state index in [0.717, 1.165) is 0 Å². The van der Waals surface area contributed by atoms with E-state index in [1.54, 1.807) is 0 Å². The first-order valence-corrected chi connectivity index (χ1v) is 3.02. The molecule has 0 aliphatic rings. The molecule has 0 aliphatic heterocycles. The van der Waals surface area contributed by atoms with Crippen LogP contribution in [-0.4, -0.2) is 23.9 Å². The Morgan fingerprint density at radius 2 is 2.08 bits per heavy atom. The molecule has 0 saturated carbocycles. The van der Waals surface area contributed by atoms with Crippen LogP contribution in [0.3, 0.4) is 0 Å². The summed E-state index contributed by atoms with van der Waals surface area (Å²) < 4.78 is 38.7. The van der Waals surface area contributed by atoms with E-state index in [4.69, 9.17) is 5.11 Å². The van der Waals surface area contributed by atoms with Gasteiger partial charge in [-0.25, -0.2) is 4.79 Å². The van der Waals surface area contributed by atoms with Gasteiger partial charge >= 0.3 is 12.1 Å². The first-order valence-electron chi connectivity index (χ1n) is 3.02. The van der Waals surface area contributed by atoms with Crippen molar-refractivity contribution in [3.8, 4) is 0 Å². The highest BCUT2D eigenvalue weighted by Gasteiger charge is 2.34. The van der Waals surface area contributed by atoms with Crippen LogP contribution in [0.15, 0.2) is 11.8 Å². The predicted molar refractivity (Wildman–Crippen MR) is 33.4 cm³/mol. The van der Waals surface area contributed by atoms with Gasteiger partial charge in [0.05, 0.1) is 12.7 Å². The highest BCUT2D eigenvalue weighted by molar-refractivity contribution is 5.82. The predicted octanol–water partition coefficient (Wildman–Crippen LogP) is 1.55. The molecule has 0 amide bonds. The molecule has 0 heterocycles. The number of aliphatic hydroxyl groups excluding tert-OH is 1. The van der Waals surface area contributed by atoms with E-state index in [2.05, 4.69) is 4.74 Å². The average molecular weight is 184 g/mol. The van der Waals surface area contributed by atoms with Crippen LogP contribution in [0, 0.1) is 0 Å². The Labute approximate surface area is 66.4 Å². The molecule has 0 aromatic carbocycles. The third-order valence-electron chi connectivity index (χ3n) is 0.832. The summed E-state index contributed by atoms with van der Waals surface area (Å²) in [6.45, 7) is 1.40. The molecule has 6 heteroatoms. The molecule has 0 aromatic heterocycles. The Morgan fingerprint density at radius 3 is 2.42 bits per heavy atom. The average Bonchev–Trinajstić information content (AvgIpc) is 1.85. The smallest absolute Gasteiger partial charge is 0.448 e. The van der Waals surface area contributed by atoms with Gasteiger partial charge in [-0.15, -0.1) is 0 Å². The number of hydrogen-bond acceptors (Lipinski definition) is 3. The standard InChI is InChI=1S/C6H7F3O3/c1-2-12-5(11)3-4(10)6(7,8)9/h3,10H,2H2,1H3. The molecule has 0 aliphatic carbocycles. The summed E-state index contributed by atoms with van der Waals surface area (Å²) in [5.41, 5.74) is 0. The van der Waals surface area contributed by atoms with Gasteiger partial charge in [-0.1, -0.05) is 0 Å². The molecule has 0 fully saturated rings. The normalized spacial score (nSPS) is 12.8. The maximum absolute atomic E-state index is 11.5. The van der Waals surface area contributed by atoms with E-state index in [1.807, 2.05) is 0 Å². The van der Waals surface area contributed by atoms with Crippen LogP contribution >= 0.6 is 0 Å². The number of rotatable bonds is 2. The van der Waals surface area contributed by atoms with Gasteiger partial charge in [0, 0.05) is 0 Å². The lowest BCUT2D eigenvalue weighted by Crippen LogP contribution is -2.13. The van der Waals surface area contributed by atoms with Crippen LogP contribution in [0.2, 0.25) is 0 Å². The van der Waals surface area contributed by atoms with Crippen LogP contribution in [0.25, 0.3) is 0 Å². The highest BCUT2D eigenvalue weighted by atomic mass is 19.4. The molecule has 0 aromatic rings. The SMILES string of the molecule is CCOC(=O)C=C(O)C(F)(F)F. The van der Waals surface area contributed by atoms with Crippen molar-refractivity contribution in [3.63, 3.8) is 0 Å². The Bertz CT molecular complexity index is 195. The number of esters is 1. The highest BCUT2D eigenvalue weighted by Crippen LogP contribution is 2.22. The third kappa shape index (κ3) is 3.85. The Balaban J connectivity index is 4.26. The number of allylic oxidation sites excluding steroid dienone is 1. The molecule has 0 spiro atoms. The number of alkyl halides is 3. The maximum atomic E-state index is 11.5. The maximum Gasteiger partial charge on any atom is 0.448 e. The van der Waals surface area contributed by atoms with Crippen molar-refractivity contribution in [2.45, 2.75) is 13.1 Å². The van der Waals surface area contributed by atoms with Crippen LogP contribution in [-0.2, 0) is 9.53 Å². The minimum Gasteiger partial charge on any atom is -0.504 e. The van der Waals surface area contributed by atoms with Crippen molar-refractivity contribution < 1.29 is 27.8 Å². The molecule has 0 radical (unpaired) electrons. The third-order valence-corrected chi connectivity index (χ3v) is 0.832. The Kier molecular flexibility index (Phi) is 3.59. The number of carbonyl (C=O) groups is 1. The largest absolute Gasteiger partial charge is 0.504 e. The van der Waals surface area contributed by atoms with Crippen molar-refractivity contribution in [1.29, 1.82) is 0 Å². The van der Waals surface area contributed by atoms with Gasteiger partial charge in [-0.3, -0.25) is 0 Å². The zero-order chi connectivity index (χ0) is 9.78. The zero-order valence-electron chi connectivity index (χ0n) is 6.18. The van der Waals surface area contributed by atoms with Gasteiger partial charge in [0.25, 0.3) is 0 Å². The zero-order valence-corrected chi connectivity index (χ0v) is 6.18. The lowest BCUT2D eigenvalue weighted by Gasteiger charge is -2.03. The van der Waals surface area contributed by atoms with Gasteiger partial charge in [-0.2, -0.15) is 13.2 Å². The summed E-state index contributed by atoms with van der Waals surface area (Å²) in [5.74, 6) is -3.17. The van der Waals surface area contributed by atoms with E-state index in [0.29, 0.717) is 0 Å². The lowest BCUT2D eigenvalue weighted by molar-refractivity contribution is -0.140. The van der Waals surface area contributed by atoms with E-state index < -0.39 is 17.9 Å². The molecular weight excluding hydrogens is 177 g/mol. The number of halogens is 3. The Hall–Kier alpha value is -1.20. The second-order valence-electron chi connectivity index (χ2n) is 1.78. The van der Waals surface area contributed by atoms with Crippen molar-refractivity contribution >= 4 is 5.97 Å². The minimum absolute atomic E-state index is 0.0104. The first kappa shape index (κ1) is 10.8. The molecule has 0 rings (SSSR count). The first-order chi connectivity index (χ1) is 5.38. The monoisotopic (exact) mass is 184 g/mol. The molecular formula is C6H7F3O3. The molecule has 0 bridgehead atoms. The molecule has 1 N–H and O–H groups in total. The molecule has 0 saturated heterocycles. The van der Waals surface area contributed by atoms with Gasteiger partial charge in [0.2, 0.25) is 5.76 Å². The molecule has 3 nitrogen and oxygen atoms in total. The van der Waals surface area contributed by atoms with Crippen LogP contribution < -0.4 is 0 Å². The molecule has 12 heavy (non-hydrogen) atoms. The summed E-state index contributed by atoms with van der Waals surface area (Å²) in [6, 6.07) is 0. The van der Waals surface area contributed by atoms with E-state index in [-0.39, 0.29) is 12.7 Å². The summed E-state index contributed by atoms with van der Waals surface area (Å²) >= 11 is 0. The minimum atomic E-state index is -4.90. The number of ether oxygens (including phenoxy) is 1.